The van der Waals surface area contributed by atoms with Crippen molar-refractivity contribution in [2.24, 2.45) is 0 Å². The van der Waals surface area contributed by atoms with E-state index in [4.69, 9.17) is 0 Å². The number of rotatable bonds is 2. The largest absolute Gasteiger partial charge is 0.269 e. The number of nitrogens with zero attached hydrogens (tertiary/aromatic N) is 2. The molecular weight excluding hydrogens is 411 g/mol. The Morgan fingerprint density at radius 3 is 2.41 bits per heavy atom. The van der Waals surface area contributed by atoms with Crippen molar-refractivity contribution in [3.8, 4) is 0 Å². The number of pyridine rings is 1. The molecule has 0 saturated heterocycles. The highest BCUT2D eigenvalue weighted by Crippen LogP contribution is 2.29. The fraction of sp³-hybridized carbons (Fsp3) is 0.188. The lowest BCUT2D eigenvalue weighted by Crippen LogP contribution is -2.15. The maximum atomic E-state index is 13.1. The average molecular weight is 426 g/mol. The molecule has 6 heteroatoms. The minimum absolute atomic E-state index is 0.358. The van der Waals surface area contributed by atoms with E-state index >= 15 is 0 Å². The van der Waals surface area contributed by atoms with Gasteiger partial charge in [0.2, 0.25) is 0 Å². The van der Waals surface area contributed by atoms with Crippen LogP contribution in [0.3, 0.4) is 0 Å². The normalized spacial score (nSPS) is 12.0. The van der Waals surface area contributed by atoms with Gasteiger partial charge < -0.3 is 0 Å². The summed E-state index contributed by atoms with van der Waals surface area (Å²) in [6.45, 7) is 5.62. The summed E-state index contributed by atoms with van der Waals surface area (Å²) in [5.41, 5.74) is 3.03. The quantitative estimate of drug-likeness (QED) is 0.586. The zero-order valence-corrected chi connectivity index (χ0v) is 15.4. The predicted molar refractivity (Wildman–Crippen MR) is 95.7 cm³/mol. The van der Waals surface area contributed by atoms with Gasteiger partial charge in [-0.2, -0.15) is 0 Å². The van der Waals surface area contributed by atoms with E-state index in [1.807, 2.05) is 45.0 Å². The van der Waals surface area contributed by atoms with Crippen LogP contribution in [0.5, 0.6) is 0 Å². The zero-order valence-electron chi connectivity index (χ0n) is 12.5. The summed E-state index contributed by atoms with van der Waals surface area (Å²) in [6.07, 6.45) is 3.24. The number of benzene rings is 1. The molecule has 2 aromatic heterocycles. The molecule has 0 amide bonds. The molecule has 1 aromatic carbocycles. The van der Waals surface area contributed by atoms with Gasteiger partial charge in [-0.15, -0.1) is 0 Å². The molecule has 0 aliphatic carbocycles. The van der Waals surface area contributed by atoms with E-state index in [9.17, 15) is 8.42 Å². The lowest BCUT2D eigenvalue weighted by Gasteiger charge is -2.13. The summed E-state index contributed by atoms with van der Waals surface area (Å²) in [5, 5.41) is 0.842. The predicted octanol–water partition coefficient (Wildman–Crippen LogP) is 3.80. The first-order valence-corrected chi connectivity index (χ1v) is 9.29. The number of hydrogen-bond acceptors (Lipinski definition) is 3. The first-order valence-electron chi connectivity index (χ1n) is 6.77. The van der Waals surface area contributed by atoms with Gasteiger partial charge >= 0.3 is 0 Å². The van der Waals surface area contributed by atoms with Gasteiger partial charge in [0.25, 0.3) is 10.0 Å². The minimum atomic E-state index is -3.67. The molecule has 3 aromatic rings. The smallest absolute Gasteiger partial charge is 0.237 e. The van der Waals surface area contributed by atoms with Gasteiger partial charge in [0.15, 0.2) is 5.65 Å². The Bertz CT molecular complexity index is 968. The Hall–Kier alpha value is -1.41. The van der Waals surface area contributed by atoms with Crippen LogP contribution in [-0.4, -0.2) is 17.4 Å². The van der Waals surface area contributed by atoms with Crippen molar-refractivity contribution in [3.63, 3.8) is 0 Å². The van der Waals surface area contributed by atoms with Crippen LogP contribution in [0.15, 0.2) is 41.6 Å². The Labute approximate surface area is 143 Å². The summed E-state index contributed by atoms with van der Waals surface area (Å²) in [6, 6.07) is 7.47. The van der Waals surface area contributed by atoms with E-state index in [1.165, 1.54) is 3.97 Å². The molecule has 22 heavy (non-hydrogen) atoms. The molecule has 0 saturated carbocycles. The average Bonchev–Trinajstić information content (AvgIpc) is 2.76. The Kier molecular flexibility index (Phi) is 3.76. The highest BCUT2D eigenvalue weighted by atomic mass is 127. The SMILES string of the molecule is Cc1cc(C)c(S(=O)(=O)n2cc(I)c3cccnc32)c(C)c1. The first kappa shape index (κ1) is 15.5. The monoisotopic (exact) mass is 426 g/mol. The second kappa shape index (κ2) is 5.34. The number of halogens is 1. The van der Waals surface area contributed by atoms with Crippen molar-refractivity contribution in [2.75, 3.05) is 0 Å². The summed E-state index contributed by atoms with van der Waals surface area (Å²) in [4.78, 5) is 4.61. The van der Waals surface area contributed by atoms with E-state index in [1.54, 1.807) is 12.4 Å². The van der Waals surface area contributed by atoms with Crippen LogP contribution in [0.25, 0.3) is 11.0 Å². The van der Waals surface area contributed by atoms with Gasteiger partial charge in [-0.3, -0.25) is 0 Å². The number of aryl methyl sites for hydroxylation is 3. The number of aromatic nitrogens is 2. The van der Waals surface area contributed by atoms with Gasteiger partial charge in [0, 0.05) is 21.4 Å². The maximum absolute atomic E-state index is 13.1. The Balaban J connectivity index is 2.35. The van der Waals surface area contributed by atoms with Crippen LogP contribution in [-0.2, 0) is 10.0 Å². The van der Waals surface area contributed by atoms with Crippen molar-refractivity contribution in [2.45, 2.75) is 25.7 Å². The molecule has 3 rings (SSSR count). The van der Waals surface area contributed by atoms with Crippen molar-refractivity contribution in [1.29, 1.82) is 0 Å². The molecule has 0 unspecified atom stereocenters. The van der Waals surface area contributed by atoms with Crippen LogP contribution in [0, 0.1) is 24.3 Å². The molecule has 0 aliphatic rings. The van der Waals surface area contributed by atoms with Crippen molar-refractivity contribution in [1.82, 2.24) is 8.96 Å². The first-order chi connectivity index (χ1) is 10.3. The van der Waals surface area contributed by atoms with E-state index in [2.05, 4.69) is 27.6 Å². The summed E-state index contributed by atoms with van der Waals surface area (Å²) >= 11 is 2.14. The van der Waals surface area contributed by atoms with Crippen LogP contribution >= 0.6 is 22.6 Å². The molecular formula is C16H15IN2O2S. The van der Waals surface area contributed by atoms with Gasteiger partial charge in [-0.25, -0.2) is 17.4 Å². The number of hydrogen-bond donors (Lipinski definition) is 0. The molecule has 0 N–H and O–H groups in total. The Morgan fingerprint density at radius 1 is 1.14 bits per heavy atom. The van der Waals surface area contributed by atoms with Crippen molar-refractivity contribution in [3.05, 3.63) is 56.9 Å². The standard InChI is InChI=1S/C16H15IN2O2S/c1-10-7-11(2)15(12(3)8-10)22(20,21)19-9-14(17)13-5-4-6-18-16(13)19/h4-9H,1-3H3. The van der Waals surface area contributed by atoms with E-state index in [0.717, 1.165) is 25.6 Å². The van der Waals surface area contributed by atoms with Crippen LogP contribution in [0.2, 0.25) is 0 Å². The molecule has 0 atom stereocenters. The highest BCUT2D eigenvalue weighted by Gasteiger charge is 2.25. The fourth-order valence-corrected chi connectivity index (χ4v) is 5.48. The molecule has 114 valence electrons. The molecule has 0 aliphatic heterocycles. The zero-order chi connectivity index (χ0) is 16.1. The fourth-order valence-electron chi connectivity index (χ4n) is 2.85. The van der Waals surface area contributed by atoms with Gasteiger partial charge in [-0.05, 0) is 66.6 Å². The summed E-state index contributed by atoms with van der Waals surface area (Å²) in [7, 11) is -3.67. The third-order valence-electron chi connectivity index (χ3n) is 3.60. The molecule has 0 fully saturated rings. The lowest BCUT2D eigenvalue weighted by molar-refractivity contribution is 0.587. The summed E-state index contributed by atoms with van der Waals surface area (Å²) in [5.74, 6) is 0. The topological polar surface area (TPSA) is 52.0 Å². The van der Waals surface area contributed by atoms with E-state index in [0.29, 0.717) is 10.5 Å². The van der Waals surface area contributed by atoms with Crippen molar-refractivity contribution >= 4 is 43.6 Å². The number of fused-ring (bicyclic) bond motifs is 1. The third kappa shape index (κ3) is 2.34. The molecule has 4 nitrogen and oxygen atoms in total. The molecule has 2 heterocycles. The second-order valence-corrected chi connectivity index (χ2v) is 8.29. The maximum Gasteiger partial charge on any atom is 0.269 e. The molecule has 0 bridgehead atoms. The highest BCUT2D eigenvalue weighted by molar-refractivity contribution is 14.1. The molecule has 0 radical (unpaired) electrons. The third-order valence-corrected chi connectivity index (χ3v) is 6.42. The molecule has 0 spiro atoms. The van der Waals surface area contributed by atoms with Crippen LogP contribution in [0.4, 0.5) is 0 Å². The van der Waals surface area contributed by atoms with Gasteiger partial charge in [0.1, 0.15) is 0 Å². The van der Waals surface area contributed by atoms with Gasteiger partial charge in [-0.1, -0.05) is 17.7 Å². The second-order valence-electron chi connectivity index (χ2n) is 5.38. The minimum Gasteiger partial charge on any atom is -0.237 e. The van der Waals surface area contributed by atoms with Crippen LogP contribution < -0.4 is 0 Å². The van der Waals surface area contributed by atoms with Gasteiger partial charge in [0.05, 0.1) is 4.90 Å². The van der Waals surface area contributed by atoms with E-state index in [-0.39, 0.29) is 0 Å². The van der Waals surface area contributed by atoms with E-state index < -0.39 is 10.0 Å². The van der Waals surface area contributed by atoms with Crippen molar-refractivity contribution < 1.29 is 8.42 Å². The van der Waals surface area contributed by atoms with Crippen LogP contribution in [0.1, 0.15) is 16.7 Å². The lowest BCUT2D eigenvalue weighted by atomic mass is 10.1. The summed E-state index contributed by atoms with van der Waals surface area (Å²) < 4.78 is 28.4. The Morgan fingerprint density at radius 2 is 1.77 bits per heavy atom.